The van der Waals surface area contributed by atoms with Crippen LogP contribution in [0.3, 0.4) is 0 Å². The average Bonchev–Trinajstić information content (AvgIpc) is 2.67. The van der Waals surface area contributed by atoms with E-state index in [-0.39, 0.29) is 6.42 Å². The largest absolute Gasteiger partial charge is 0.481 e. The molecule has 0 spiro atoms. The van der Waals surface area contributed by atoms with Crippen LogP contribution in [0.25, 0.3) is 11.1 Å². The van der Waals surface area contributed by atoms with Gasteiger partial charge in [0.1, 0.15) is 0 Å². The van der Waals surface area contributed by atoms with Crippen molar-refractivity contribution in [2.75, 3.05) is 43.9 Å². The lowest BCUT2D eigenvalue weighted by atomic mass is 10.1. The number of benzene rings is 2. The molecule has 2 aromatic carbocycles. The molecular formula is C20H24N2O2S. The number of aliphatic carboxylic acids is 1. The van der Waals surface area contributed by atoms with Crippen LogP contribution >= 0.6 is 11.8 Å². The Kier molecular flexibility index (Phi) is 6.00. The summed E-state index contributed by atoms with van der Waals surface area (Å²) in [6.07, 6.45) is 2.32. The van der Waals surface area contributed by atoms with Crippen molar-refractivity contribution < 1.29 is 9.90 Å². The van der Waals surface area contributed by atoms with E-state index in [2.05, 4.69) is 64.6 Å². The maximum atomic E-state index is 10.7. The van der Waals surface area contributed by atoms with Crippen LogP contribution < -0.4 is 4.90 Å². The van der Waals surface area contributed by atoms with Gasteiger partial charge < -0.3 is 10.0 Å². The van der Waals surface area contributed by atoms with Gasteiger partial charge in [0.05, 0.1) is 6.42 Å². The highest BCUT2D eigenvalue weighted by atomic mass is 32.2. The Balaban J connectivity index is 1.60. The van der Waals surface area contributed by atoms with Gasteiger partial charge in [-0.15, -0.1) is 11.8 Å². The lowest BCUT2D eigenvalue weighted by molar-refractivity contribution is -0.137. The second kappa shape index (κ2) is 8.41. The highest BCUT2D eigenvalue weighted by Gasteiger charge is 2.17. The molecule has 1 aliphatic rings. The summed E-state index contributed by atoms with van der Waals surface area (Å²) in [5.74, 6) is -0.719. The Morgan fingerprint density at radius 2 is 1.76 bits per heavy atom. The Bertz CT molecular complexity index is 710. The van der Waals surface area contributed by atoms with Crippen molar-refractivity contribution in [1.82, 2.24) is 4.90 Å². The van der Waals surface area contributed by atoms with Crippen molar-refractivity contribution >= 4 is 23.4 Å². The summed E-state index contributed by atoms with van der Waals surface area (Å²) in [4.78, 5) is 16.6. The fourth-order valence-electron chi connectivity index (χ4n) is 3.15. The SMILES string of the molecule is CSc1cccc(-c2ccc(N3CCN(CCC(=O)O)CC3)cc2)c1. The molecule has 1 heterocycles. The van der Waals surface area contributed by atoms with Crippen molar-refractivity contribution in [1.29, 1.82) is 0 Å². The van der Waals surface area contributed by atoms with Crippen LogP contribution in [0.2, 0.25) is 0 Å². The van der Waals surface area contributed by atoms with E-state index in [0.717, 1.165) is 26.2 Å². The third-order valence-corrected chi connectivity index (χ3v) is 5.38. The van der Waals surface area contributed by atoms with Crippen LogP contribution in [0.5, 0.6) is 0 Å². The van der Waals surface area contributed by atoms with Gasteiger partial charge in [0.2, 0.25) is 0 Å². The van der Waals surface area contributed by atoms with Gasteiger partial charge in [-0.3, -0.25) is 9.69 Å². The van der Waals surface area contributed by atoms with Gasteiger partial charge in [-0.05, 0) is 41.6 Å². The van der Waals surface area contributed by atoms with E-state index in [1.165, 1.54) is 21.7 Å². The first-order valence-corrected chi connectivity index (χ1v) is 9.82. The zero-order valence-electron chi connectivity index (χ0n) is 14.5. The van der Waals surface area contributed by atoms with E-state index in [1.54, 1.807) is 11.8 Å². The summed E-state index contributed by atoms with van der Waals surface area (Å²) in [5.41, 5.74) is 3.72. The first-order valence-electron chi connectivity index (χ1n) is 8.59. The topological polar surface area (TPSA) is 43.8 Å². The molecule has 0 unspecified atom stereocenters. The molecular weight excluding hydrogens is 332 g/mol. The number of carbonyl (C=O) groups is 1. The van der Waals surface area contributed by atoms with Crippen molar-refractivity contribution in [3.05, 3.63) is 48.5 Å². The van der Waals surface area contributed by atoms with Crippen LogP contribution in [0.4, 0.5) is 5.69 Å². The number of rotatable bonds is 6. The van der Waals surface area contributed by atoms with Gasteiger partial charge in [0, 0.05) is 43.3 Å². The number of thioether (sulfide) groups is 1. The fraction of sp³-hybridized carbons (Fsp3) is 0.350. The minimum Gasteiger partial charge on any atom is -0.481 e. The number of anilines is 1. The number of nitrogens with zero attached hydrogens (tertiary/aromatic N) is 2. The Morgan fingerprint density at radius 1 is 1.04 bits per heavy atom. The van der Waals surface area contributed by atoms with Gasteiger partial charge in [-0.1, -0.05) is 24.3 Å². The number of carboxylic acids is 1. The molecule has 0 amide bonds. The van der Waals surface area contributed by atoms with E-state index in [0.29, 0.717) is 6.54 Å². The van der Waals surface area contributed by atoms with E-state index < -0.39 is 5.97 Å². The summed E-state index contributed by atoms with van der Waals surface area (Å²) < 4.78 is 0. The summed E-state index contributed by atoms with van der Waals surface area (Å²) in [6, 6.07) is 17.4. The van der Waals surface area contributed by atoms with Gasteiger partial charge in [-0.2, -0.15) is 0 Å². The summed E-state index contributed by atoms with van der Waals surface area (Å²) in [5, 5.41) is 8.79. The molecule has 1 N–H and O–H groups in total. The fourth-order valence-corrected chi connectivity index (χ4v) is 3.61. The standard InChI is InChI=1S/C20H24N2O2S/c1-25-19-4-2-3-17(15-19)16-5-7-18(8-6-16)22-13-11-21(12-14-22)10-9-20(23)24/h2-8,15H,9-14H2,1H3,(H,23,24). The average molecular weight is 356 g/mol. The molecule has 1 fully saturated rings. The summed E-state index contributed by atoms with van der Waals surface area (Å²) >= 11 is 1.76. The zero-order chi connectivity index (χ0) is 17.6. The smallest absolute Gasteiger partial charge is 0.304 e. The maximum absolute atomic E-state index is 10.7. The molecule has 1 saturated heterocycles. The number of hydrogen-bond donors (Lipinski definition) is 1. The third-order valence-electron chi connectivity index (χ3n) is 4.65. The number of hydrogen-bond acceptors (Lipinski definition) is 4. The molecule has 132 valence electrons. The van der Waals surface area contributed by atoms with Crippen LogP contribution in [0.1, 0.15) is 6.42 Å². The van der Waals surface area contributed by atoms with Gasteiger partial charge >= 0.3 is 5.97 Å². The van der Waals surface area contributed by atoms with E-state index in [1.807, 2.05) is 0 Å². The molecule has 0 atom stereocenters. The molecule has 0 aliphatic carbocycles. The molecule has 0 bridgehead atoms. The second-order valence-electron chi connectivity index (χ2n) is 6.25. The lowest BCUT2D eigenvalue weighted by Gasteiger charge is -2.36. The predicted molar refractivity (Wildman–Crippen MR) is 105 cm³/mol. The predicted octanol–water partition coefficient (Wildman–Crippen LogP) is 3.67. The normalized spacial score (nSPS) is 15.3. The van der Waals surface area contributed by atoms with Crippen molar-refractivity contribution in [2.45, 2.75) is 11.3 Å². The highest BCUT2D eigenvalue weighted by Crippen LogP contribution is 2.27. The van der Waals surface area contributed by atoms with E-state index >= 15 is 0 Å². The molecule has 1 aliphatic heterocycles. The van der Waals surface area contributed by atoms with E-state index in [4.69, 9.17) is 5.11 Å². The van der Waals surface area contributed by atoms with Crippen LogP contribution in [0.15, 0.2) is 53.4 Å². The van der Waals surface area contributed by atoms with Crippen molar-refractivity contribution in [3.8, 4) is 11.1 Å². The third kappa shape index (κ3) is 4.77. The van der Waals surface area contributed by atoms with Crippen molar-refractivity contribution in [3.63, 3.8) is 0 Å². The zero-order valence-corrected chi connectivity index (χ0v) is 15.3. The molecule has 4 nitrogen and oxygen atoms in total. The molecule has 0 aromatic heterocycles. The first kappa shape index (κ1) is 17.8. The molecule has 0 saturated carbocycles. The van der Waals surface area contributed by atoms with Crippen LogP contribution in [-0.2, 0) is 4.79 Å². The maximum Gasteiger partial charge on any atom is 0.304 e. The minimum atomic E-state index is -0.719. The van der Waals surface area contributed by atoms with Crippen LogP contribution in [0, 0.1) is 0 Å². The van der Waals surface area contributed by atoms with Gasteiger partial charge in [-0.25, -0.2) is 0 Å². The Labute approximate surface area is 153 Å². The van der Waals surface area contributed by atoms with Crippen molar-refractivity contribution in [2.24, 2.45) is 0 Å². The number of carboxylic acid groups (broad SMARTS) is 1. The molecule has 2 aromatic rings. The first-order chi connectivity index (χ1) is 12.2. The van der Waals surface area contributed by atoms with E-state index in [9.17, 15) is 4.79 Å². The quantitative estimate of drug-likeness (QED) is 0.800. The number of piperazine rings is 1. The molecule has 0 radical (unpaired) electrons. The lowest BCUT2D eigenvalue weighted by Crippen LogP contribution is -2.46. The van der Waals surface area contributed by atoms with Crippen LogP contribution in [-0.4, -0.2) is 55.0 Å². The molecule has 25 heavy (non-hydrogen) atoms. The molecule has 5 heteroatoms. The minimum absolute atomic E-state index is 0.226. The molecule has 3 rings (SSSR count). The van der Waals surface area contributed by atoms with Gasteiger partial charge in [0.25, 0.3) is 0 Å². The Morgan fingerprint density at radius 3 is 2.40 bits per heavy atom. The second-order valence-corrected chi connectivity index (χ2v) is 7.13. The Hall–Kier alpha value is -1.98. The van der Waals surface area contributed by atoms with Gasteiger partial charge in [0.15, 0.2) is 0 Å². The summed E-state index contributed by atoms with van der Waals surface area (Å²) in [6.45, 7) is 4.38. The summed E-state index contributed by atoms with van der Waals surface area (Å²) in [7, 11) is 0. The highest BCUT2D eigenvalue weighted by molar-refractivity contribution is 7.98. The monoisotopic (exact) mass is 356 g/mol.